The third-order valence-corrected chi connectivity index (χ3v) is 5.10. The number of nitrogens with zero attached hydrogens (tertiary/aromatic N) is 4. The maximum absolute atomic E-state index is 12.4. The van der Waals surface area contributed by atoms with E-state index in [0.29, 0.717) is 26.9 Å². The molecule has 5 rings (SSSR count). The number of para-hydroxylation sites is 1. The van der Waals surface area contributed by atoms with Crippen LogP contribution >= 0.6 is 11.3 Å². The number of aryl methyl sites for hydroxylation is 1. The van der Waals surface area contributed by atoms with Crippen molar-refractivity contribution in [1.29, 1.82) is 0 Å². The molecule has 0 spiro atoms. The first-order valence-electron chi connectivity index (χ1n) is 8.01. The molecule has 7 heteroatoms. The van der Waals surface area contributed by atoms with Crippen LogP contribution in [0.1, 0.15) is 5.56 Å². The molecule has 0 amide bonds. The zero-order valence-electron chi connectivity index (χ0n) is 13.7. The largest absolute Gasteiger partial charge is 0.422 e. The lowest BCUT2D eigenvalue weighted by Crippen LogP contribution is -2.03. The van der Waals surface area contributed by atoms with Crippen LogP contribution in [0.25, 0.3) is 37.9 Å². The Kier molecular flexibility index (Phi) is 3.23. The van der Waals surface area contributed by atoms with Gasteiger partial charge in [-0.3, -0.25) is 0 Å². The molecule has 126 valence electrons. The molecular formula is C19H12N4O2S. The molecule has 0 saturated carbocycles. The van der Waals surface area contributed by atoms with Crippen molar-refractivity contribution in [2.75, 3.05) is 0 Å². The highest BCUT2D eigenvalue weighted by atomic mass is 32.1. The molecule has 0 N–H and O–H groups in total. The Labute approximate surface area is 151 Å². The average Bonchev–Trinajstić information content (AvgIpc) is 3.22. The van der Waals surface area contributed by atoms with Gasteiger partial charge >= 0.3 is 5.63 Å². The summed E-state index contributed by atoms with van der Waals surface area (Å²) in [6.07, 6.45) is 0. The van der Waals surface area contributed by atoms with Gasteiger partial charge in [0.25, 0.3) is 0 Å². The number of fused-ring (bicyclic) bond motifs is 2. The molecule has 3 heterocycles. The molecule has 2 aromatic carbocycles. The first-order chi connectivity index (χ1) is 12.7. The van der Waals surface area contributed by atoms with E-state index in [9.17, 15) is 4.79 Å². The van der Waals surface area contributed by atoms with Crippen LogP contribution < -0.4 is 5.63 Å². The van der Waals surface area contributed by atoms with Crippen molar-refractivity contribution >= 4 is 27.3 Å². The molecule has 0 atom stereocenters. The Balaban J connectivity index is 1.68. The third kappa shape index (κ3) is 2.33. The second-order valence-electron chi connectivity index (χ2n) is 5.98. The van der Waals surface area contributed by atoms with Gasteiger partial charge in [-0.15, -0.1) is 10.2 Å². The number of hydrogen-bond acceptors (Lipinski definition) is 6. The minimum absolute atomic E-state index is 0.412. The van der Waals surface area contributed by atoms with Gasteiger partial charge in [-0.2, -0.15) is 9.61 Å². The average molecular weight is 360 g/mol. The SMILES string of the molecule is Cc1ccc(-c2nnc3sc(-c4cc5ccccc5oc4=O)nn23)cc1. The van der Waals surface area contributed by atoms with Crippen molar-refractivity contribution in [3.8, 4) is 22.0 Å². The Morgan fingerprint density at radius 1 is 1.04 bits per heavy atom. The molecule has 0 radical (unpaired) electrons. The molecule has 0 unspecified atom stereocenters. The molecule has 6 nitrogen and oxygen atoms in total. The molecule has 26 heavy (non-hydrogen) atoms. The maximum Gasteiger partial charge on any atom is 0.346 e. The fourth-order valence-corrected chi connectivity index (χ4v) is 3.66. The van der Waals surface area contributed by atoms with Gasteiger partial charge in [-0.1, -0.05) is 59.4 Å². The van der Waals surface area contributed by atoms with Crippen molar-refractivity contribution in [3.05, 3.63) is 70.6 Å². The van der Waals surface area contributed by atoms with Gasteiger partial charge in [0, 0.05) is 10.9 Å². The number of benzene rings is 2. The highest BCUT2D eigenvalue weighted by Crippen LogP contribution is 2.28. The first-order valence-corrected chi connectivity index (χ1v) is 8.83. The number of rotatable bonds is 2. The smallest absolute Gasteiger partial charge is 0.346 e. The van der Waals surface area contributed by atoms with Crippen molar-refractivity contribution in [1.82, 2.24) is 19.8 Å². The van der Waals surface area contributed by atoms with Gasteiger partial charge in [0.05, 0.1) is 5.56 Å². The molecule has 0 saturated heterocycles. The van der Waals surface area contributed by atoms with E-state index in [1.807, 2.05) is 49.4 Å². The summed E-state index contributed by atoms with van der Waals surface area (Å²) in [5.74, 6) is 0.646. The summed E-state index contributed by atoms with van der Waals surface area (Å²) in [5.41, 5.74) is 2.66. The summed E-state index contributed by atoms with van der Waals surface area (Å²) < 4.78 is 7.08. The molecule has 3 aromatic heterocycles. The van der Waals surface area contributed by atoms with Crippen LogP contribution in [0.5, 0.6) is 0 Å². The van der Waals surface area contributed by atoms with Crippen molar-refractivity contribution in [3.63, 3.8) is 0 Å². The summed E-state index contributed by atoms with van der Waals surface area (Å²) >= 11 is 1.31. The third-order valence-electron chi connectivity index (χ3n) is 4.17. The molecule has 0 aliphatic carbocycles. The standard InChI is InChI=1S/C19H12N4O2S/c1-11-6-8-12(9-7-11)16-20-21-19-23(16)22-17(26-19)14-10-13-4-2-3-5-15(13)25-18(14)24/h2-10H,1H3. The van der Waals surface area contributed by atoms with E-state index in [1.165, 1.54) is 16.9 Å². The summed E-state index contributed by atoms with van der Waals surface area (Å²) in [4.78, 5) is 13.0. The Morgan fingerprint density at radius 3 is 2.69 bits per heavy atom. The van der Waals surface area contributed by atoms with E-state index in [-0.39, 0.29) is 0 Å². The minimum atomic E-state index is -0.412. The quantitative estimate of drug-likeness (QED) is 0.446. The Hall–Kier alpha value is -3.32. The van der Waals surface area contributed by atoms with Gasteiger partial charge in [-0.25, -0.2) is 4.79 Å². The first kappa shape index (κ1) is 15.0. The molecule has 0 aliphatic heterocycles. The lowest BCUT2D eigenvalue weighted by atomic mass is 10.1. The van der Waals surface area contributed by atoms with Crippen molar-refractivity contribution < 1.29 is 4.42 Å². The van der Waals surface area contributed by atoms with Gasteiger partial charge < -0.3 is 4.42 Å². The van der Waals surface area contributed by atoms with E-state index in [2.05, 4.69) is 15.3 Å². The molecular weight excluding hydrogens is 348 g/mol. The van der Waals surface area contributed by atoms with Gasteiger partial charge in [-0.05, 0) is 19.1 Å². The van der Waals surface area contributed by atoms with E-state index < -0.39 is 5.63 Å². The Morgan fingerprint density at radius 2 is 1.85 bits per heavy atom. The number of hydrogen-bond donors (Lipinski definition) is 0. The molecule has 0 fully saturated rings. The molecule has 0 aliphatic rings. The van der Waals surface area contributed by atoms with Crippen LogP contribution in [-0.4, -0.2) is 19.8 Å². The zero-order chi connectivity index (χ0) is 17.7. The normalized spacial score (nSPS) is 11.4. The van der Waals surface area contributed by atoms with E-state index >= 15 is 0 Å². The second kappa shape index (κ2) is 5.60. The van der Waals surface area contributed by atoms with E-state index in [1.54, 1.807) is 16.6 Å². The van der Waals surface area contributed by atoms with Crippen molar-refractivity contribution in [2.45, 2.75) is 6.92 Å². The van der Waals surface area contributed by atoms with Crippen LogP contribution in [0.3, 0.4) is 0 Å². The van der Waals surface area contributed by atoms with Crippen LogP contribution in [0.4, 0.5) is 0 Å². The van der Waals surface area contributed by atoms with E-state index in [0.717, 1.165) is 10.9 Å². The van der Waals surface area contributed by atoms with Crippen LogP contribution in [-0.2, 0) is 0 Å². The van der Waals surface area contributed by atoms with Gasteiger partial charge in [0.2, 0.25) is 4.96 Å². The highest BCUT2D eigenvalue weighted by molar-refractivity contribution is 7.19. The topological polar surface area (TPSA) is 73.3 Å². The predicted molar refractivity (Wildman–Crippen MR) is 100 cm³/mol. The fraction of sp³-hybridized carbons (Fsp3) is 0.0526. The summed E-state index contributed by atoms with van der Waals surface area (Å²) in [6.45, 7) is 2.03. The molecule has 5 aromatic rings. The zero-order valence-corrected chi connectivity index (χ0v) is 14.5. The summed E-state index contributed by atoms with van der Waals surface area (Å²) in [6, 6.07) is 17.2. The highest BCUT2D eigenvalue weighted by Gasteiger charge is 2.17. The number of aromatic nitrogens is 4. The summed E-state index contributed by atoms with van der Waals surface area (Å²) in [7, 11) is 0. The predicted octanol–water partition coefficient (Wildman–Crippen LogP) is 3.93. The minimum Gasteiger partial charge on any atom is -0.422 e. The Bertz CT molecular complexity index is 1320. The lowest BCUT2D eigenvalue weighted by Gasteiger charge is -1.99. The van der Waals surface area contributed by atoms with Crippen molar-refractivity contribution in [2.24, 2.45) is 0 Å². The monoisotopic (exact) mass is 360 g/mol. The van der Waals surface area contributed by atoms with Gasteiger partial charge in [0.15, 0.2) is 10.8 Å². The fourth-order valence-electron chi connectivity index (χ4n) is 2.82. The van der Waals surface area contributed by atoms with Crippen LogP contribution in [0.15, 0.2) is 63.8 Å². The van der Waals surface area contributed by atoms with Crippen LogP contribution in [0.2, 0.25) is 0 Å². The lowest BCUT2D eigenvalue weighted by molar-refractivity contribution is 0.563. The molecule has 0 bridgehead atoms. The van der Waals surface area contributed by atoms with Gasteiger partial charge in [0.1, 0.15) is 5.58 Å². The summed E-state index contributed by atoms with van der Waals surface area (Å²) in [5, 5.41) is 14.4. The second-order valence-corrected chi connectivity index (χ2v) is 6.93. The maximum atomic E-state index is 12.4. The van der Waals surface area contributed by atoms with Crippen LogP contribution in [0, 0.1) is 6.92 Å². The van der Waals surface area contributed by atoms with E-state index in [4.69, 9.17) is 4.42 Å².